The van der Waals surface area contributed by atoms with Crippen molar-refractivity contribution in [2.24, 2.45) is 11.5 Å². The van der Waals surface area contributed by atoms with Crippen LogP contribution >= 0.6 is 0 Å². The quantitative estimate of drug-likeness (QED) is 0.448. The molecule has 0 aliphatic carbocycles. The lowest BCUT2D eigenvalue weighted by molar-refractivity contribution is -0.138. The smallest absolute Gasteiger partial charge is 0.246 e. The van der Waals surface area contributed by atoms with E-state index >= 15 is 0 Å². The summed E-state index contributed by atoms with van der Waals surface area (Å²) in [5, 5.41) is 0. The molecule has 1 saturated heterocycles. The molecule has 1 aliphatic rings. The van der Waals surface area contributed by atoms with Crippen LogP contribution in [0.2, 0.25) is 0 Å². The molecule has 0 bridgehead atoms. The van der Waals surface area contributed by atoms with Crippen LogP contribution < -0.4 is 11.5 Å². The Balaban J connectivity index is 2.30. The first kappa shape index (κ1) is 11.1. The van der Waals surface area contributed by atoms with E-state index in [1.54, 1.807) is 0 Å². The minimum atomic E-state index is -0.614. The van der Waals surface area contributed by atoms with Crippen molar-refractivity contribution in [2.75, 3.05) is 13.1 Å². The van der Waals surface area contributed by atoms with Crippen LogP contribution in [-0.2, 0) is 9.59 Å². The van der Waals surface area contributed by atoms with Crippen LogP contribution in [0, 0.1) is 0 Å². The van der Waals surface area contributed by atoms with Gasteiger partial charge in [-0.1, -0.05) is 6.42 Å². The van der Waals surface area contributed by atoms with Crippen molar-refractivity contribution < 1.29 is 9.59 Å². The van der Waals surface area contributed by atoms with Gasteiger partial charge in [0.2, 0.25) is 11.8 Å². The minimum absolute atomic E-state index is 0.143. The summed E-state index contributed by atoms with van der Waals surface area (Å²) in [5.41, 5.74) is 10.8. The number of hydrogen-bond donors (Lipinski definition) is 2. The maximum Gasteiger partial charge on any atom is 0.246 e. The molecule has 4 N–H and O–H groups in total. The van der Waals surface area contributed by atoms with Crippen molar-refractivity contribution >= 4 is 11.8 Å². The topological polar surface area (TPSA) is 89.4 Å². The number of unbranched alkanes of at least 4 members (excludes halogenated alkanes) is 2. The van der Waals surface area contributed by atoms with Gasteiger partial charge in [0, 0.05) is 6.54 Å². The van der Waals surface area contributed by atoms with Crippen molar-refractivity contribution in [1.82, 2.24) is 4.90 Å². The molecule has 1 atom stereocenters. The van der Waals surface area contributed by atoms with Crippen molar-refractivity contribution in [2.45, 2.75) is 31.7 Å². The lowest BCUT2D eigenvalue weighted by Gasteiger charge is -2.13. The first-order valence-electron chi connectivity index (χ1n) is 4.96. The van der Waals surface area contributed by atoms with E-state index in [9.17, 15) is 9.59 Å². The molecule has 0 spiro atoms. The molecule has 0 aromatic heterocycles. The van der Waals surface area contributed by atoms with E-state index in [1.807, 2.05) is 0 Å². The number of rotatable bonds is 5. The first-order chi connectivity index (χ1) is 6.66. The number of amides is 2. The van der Waals surface area contributed by atoms with E-state index in [1.165, 1.54) is 4.90 Å². The molecule has 1 fully saturated rings. The summed E-state index contributed by atoms with van der Waals surface area (Å²) in [6, 6.07) is -0.614. The molecule has 1 rings (SSSR count). The molecule has 0 aromatic carbocycles. The van der Waals surface area contributed by atoms with E-state index in [0.717, 1.165) is 19.3 Å². The Bertz CT molecular complexity index is 230. The Hall–Kier alpha value is -0.940. The Kier molecular flexibility index (Phi) is 4.03. The third-order valence-corrected chi connectivity index (χ3v) is 2.36. The van der Waals surface area contributed by atoms with Crippen LogP contribution in [0.5, 0.6) is 0 Å². The number of nitrogens with two attached hydrogens (primary N) is 2. The summed E-state index contributed by atoms with van der Waals surface area (Å²) in [7, 11) is 0. The molecule has 5 heteroatoms. The number of carbonyl (C=O) groups excluding carboxylic acids is 2. The summed E-state index contributed by atoms with van der Waals surface area (Å²) in [4.78, 5) is 23.9. The lowest BCUT2D eigenvalue weighted by atomic mass is 10.2. The zero-order chi connectivity index (χ0) is 10.6. The summed E-state index contributed by atoms with van der Waals surface area (Å²) in [6.45, 7) is 1.15. The van der Waals surface area contributed by atoms with Crippen molar-refractivity contribution in [3.63, 3.8) is 0 Å². The fraction of sp³-hybridized carbons (Fsp3) is 0.778. The summed E-state index contributed by atoms with van der Waals surface area (Å²) in [6.07, 6.45) is 2.86. The highest BCUT2D eigenvalue weighted by Crippen LogP contribution is 2.12. The second-order valence-electron chi connectivity index (χ2n) is 3.54. The molecular formula is C9H17N3O2. The van der Waals surface area contributed by atoms with Crippen molar-refractivity contribution in [1.29, 1.82) is 0 Å². The van der Waals surface area contributed by atoms with Crippen LogP contribution in [-0.4, -0.2) is 35.8 Å². The van der Waals surface area contributed by atoms with Crippen LogP contribution in [0.25, 0.3) is 0 Å². The molecule has 0 aromatic rings. The van der Waals surface area contributed by atoms with Gasteiger partial charge in [0.15, 0.2) is 0 Å². The van der Waals surface area contributed by atoms with E-state index in [2.05, 4.69) is 0 Å². The molecule has 14 heavy (non-hydrogen) atoms. The largest absolute Gasteiger partial charge is 0.330 e. The van der Waals surface area contributed by atoms with Gasteiger partial charge in [-0.3, -0.25) is 14.5 Å². The summed E-state index contributed by atoms with van der Waals surface area (Å²) >= 11 is 0. The van der Waals surface area contributed by atoms with Crippen LogP contribution in [0.1, 0.15) is 25.7 Å². The average molecular weight is 199 g/mol. The standard InChI is InChI=1S/C9H17N3O2/c10-4-2-1-3-5-12-8(13)6-7(11)9(12)14/h7H,1-6,10-11H2/t7-/m0/s1. The lowest BCUT2D eigenvalue weighted by Crippen LogP contribution is -2.35. The molecule has 5 nitrogen and oxygen atoms in total. The van der Waals surface area contributed by atoms with E-state index in [-0.39, 0.29) is 18.2 Å². The van der Waals surface area contributed by atoms with Gasteiger partial charge < -0.3 is 11.5 Å². The summed E-state index contributed by atoms with van der Waals surface area (Å²) < 4.78 is 0. The Morgan fingerprint density at radius 1 is 1.29 bits per heavy atom. The second-order valence-corrected chi connectivity index (χ2v) is 3.54. The van der Waals surface area contributed by atoms with Gasteiger partial charge in [-0.05, 0) is 19.4 Å². The van der Waals surface area contributed by atoms with Crippen molar-refractivity contribution in [3.8, 4) is 0 Å². The van der Waals surface area contributed by atoms with Gasteiger partial charge in [-0.25, -0.2) is 0 Å². The molecular weight excluding hydrogens is 182 g/mol. The minimum Gasteiger partial charge on any atom is -0.330 e. The Morgan fingerprint density at radius 3 is 2.50 bits per heavy atom. The molecule has 1 aliphatic heterocycles. The van der Waals surface area contributed by atoms with E-state index < -0.39 is 6.04 Å². The molecule has 1 heterocycles. The van der Waals surface area contributed by atoms with E-state index in [4.69, 9.17) is 11.5 Å². The number of likely N-dealkylation sites (tertiary alicyclic amines) is 1. The van der Waals surface area contributed by atoms with Gasteiger partial charge in [0.25, 0.3) is 0 Å². The first-order valence-corrected chi connectivity index (χ1v) is 4.96. The predicted molar refractivity (Wildman–Crippen MR) is 52.2 cm³/mol. The van der Waals surface area contributed by atoms with E-state index in [0.29, 0.717) is 13.1 Å². The van der Waals surface area contributed by atoms with Crippen LogP contribution in [0.15, 0.2) is 0 Å². The van der Waals surface area contributed by atoms with Gasteiger partial charge in [-0.2, -0.15) is 0 Å². The Morgan fingerprint density at radius 2 is 2.00 bits per heavy atom. The van der Waals surface area contributed by atoms with Gasteiger partial charge in [0.1, 0.15) is 0 Å². The number of carbonyl (C=O) groups is 2. The highest BCUT2D eigenvalue weighted by atomic mass is 16.2. The molecule has 0 radical (unpaired) electrons. The fourth-order valence-corrected chi connectivity index (χ4v) is 1.53. The van der Waals surface area contributed by atoms with Crippen molar-refractivity contribution in [3.05, 3.63) is 0 Å². The SMILES string of the molecule is NCCCCCN1C(=O)C[C@H](N)C1=O. The molecule has 80 valence electrons. The Labute approximate surface area is 83.4 Å². The van der Waals surface area contributed by atoms with Gasteiger partial charge >= 0.3 is 0 Å². The van der Waals surface area contributed by atoms with Gasteiger partial charge in [-0.15, -0.1) is 0 Å². The zero-order valence-electron chi connectivity index (χ0n) is 8.24. The predicted octanol–water partition coefficient (Wildman–Crippen LogP) is -0.798. The molecule has 0 saturated carbocycles. The zero-order valence-corrected chi connectivity index (χ0v) is 8.24. The molecule has 2 amide bonds. The normalized spacial score (nSPS) is 22.1. The second kappa shape index (κ2) is 5.07. The number of hydrogen-bond acceptors (Lipinski definition) is 4. The summed E-state index contributed by atoms with van der Waals surface area (Å²) in [5.74, 6) is -0.377. The maximum atomic E-state index is 11.3. The monoisotopic (exact) mass is 199 g/mol. The third-order valence-electron chi connectivity index (χ3n) is 2.36. The fourth-order valence-electron chi connectivity index (χ4n) is 1.53. The van der Waals surface area contributed by atoms with Crippen LogP contribution in [0.3, 0.4) is 0 Å². The molecule has 0 unspecified atom stereocenters. The average Bonchev–Trinajstić information content (AvgIpc) is 2.38. The highest BCUT2D eigenvalue weighted by molar-refractivity contribution is 6.05. The number of nitrogens with zero attached hydrogens (tertiary/aromatic N) is 1. The van der Waals surface area contributed by atoms with Gasteiger partial charge in [0.05, 0.1) is 12.5 Å². The van der Waals surface area contributed by atoms with Crippen LogP contribution in [0.4, 0.5) is 0 Å². The number of imide groups is 1. The maximum absolute atomic E-state index is 11.3. The highest BCUT2D eigenvalue weighted by Gasteiger charge is 2.35. The third kappa shape index (κ3) is 2.52.